The Hall–Kier alpha value is -4.01. The fourth-order valence-electron chi connectivity index (χ4n) is 3.84. The zero-order chi connectivity index (χ0) is 22.7. The molecule has 1 unspecified atom stereocenters. The molecule has 2 aliphatic rings. The van der Waals surface area contributed by atoms with Crippen molar-refractivity contribution in [3.05, 3.63) is 65.2 Å². The zero-order valence-electron chi connectivity index (χ0n) is 17.1. The number of hydrogen-bond donors (Lipinski definition) is 2. The van der Waals surface area contributed by atoms with Gasteiger partial charge in [-0.25, -0.2) is 0 Å². The number of fused-ring (bicyclic) bond motifs is 1. The highest BCUT2D eigenvalue weighted by Crippen LogP contribution is 2.30. The number of benzene rings is 2. The molecule has 32 heavy (non-hydrogen) atoms. The van der Waals surface area contributed by atoms with Crippen LogP contribution < -0.4 is 15.4 Å². The first-order valence-electron chi connectivity index (χ1n) is 10.2. The van der Waals surface area contributed by atoms with Gasteiger partial charge in [0, 0.05) is 6.42 Å². The van der Waals surface area contributed by atoms with E-state index in [0.717, 1.165) is 4.90 Å². The minimum atomic E-state index is -1.04. The van der Waals surface area contributed by atoms with E-state index in [0.29, 0.717) is 11.3 Å². The molecular formula is C23H21N3O6. The molecule has 0 radical (unpaired) electrons. The summed E-state index contributed by atoms with van der Waals surface area (Å²) in [6, 6.07) is 12.9. The number of carbonyl (C=O) groups is 5. The van der Waals surface area contributed by atoms with Crippen molar-refractivity contribution in [1.82, 2.24) is 15.5 Å². The predicted molar refractivity (Wildman–Crippen MR) is 112 cm³/mol. The van der Waals surface area contributed by atoms with Gasteiger partial charge in [-0.3, -0.25) is 34.2 Å². The number of imide groups is 2. The highest BCUT2D eigenvalue weighted by atomic mass is 16.5. The fraction of sp³-hybridized carbons (Fsp3) is 0.261. The van der Waals surface area contributed by atoms with Crippen LogP contribution in [0.4, 0.5) is 0 Å². The largest absolute Gasteiger partial charge is 0.492 e. The molecule has 1 fully saturated rings. The summed E-state index contributed by atoms with van der Waals surface area (Å²) in [4.78, 5) is 62.8. The number of piperidine rings is 1. The van der Waals surface area contributed by atoms with E-state index in [9.17, 15) is 24.0 Å². The van der Waals surface area contributed by atoms with Gasteiger partial charge in [0.25, 0.3) is 11.8 Å². The van der Waals surface area contributed by atoms with E-state index in [1.54, 1.807) is 12.1 Å². The second-order valence-electron chi connectivity index (χ2n) is 7.48. The Labute approximate surface area is 183 Å². The number of hydrogen-bond acceptors (Lipinski definition) is 6. The third kappa shape index (κ3) is 4.22. The fourth-order valence-corrected chi connectivity index (χ4v) is 3.84. The molecule has 0 bridgehead atoms. The Morgan fingerprint density at radius 2 is 1.81 bits per heavy atom. The van der Waals surface area contributed by atoms with Gasteiger partial charge in [0.1, 0.15) is 18.4 Å². The van der Waals surface area contributed by atoms with Crippen LogP contribution in [-0.2, 0) is 20.8 Å². The first kappa shape index (κ1) is 21.2. The molecule has 2 aliphatic heterocycles. The lowest BCUT2D eigenvalue weighted by Crippen LogP contribution is -2.54. The first-order chi connectivity index (χ1) is 15.5. The Bertz CT molecular complexity index is 1100. The van der Waals surface area contributed by atoms with Crippen molar-refractivity contribution in [2.24, 2.45) is 0 Å². The molecule has 2 aromatic rings. The summed E-state index contributed by atoms with van der Waals surface area (Å²) >= 11 is 0. The van der Waals surface area contributed by atoms with Gasteiger partial charge in [-0.15, -0.1) is 0 Å². The molecule has 0 spiro atoms. The van der Waals surface area contributed by atoms with Gasteiger partial charge in [0.2, 0.25) is 17.7 Å². The molecule has 2 aromatic carbocycles. The van der Waals surface area contributed by atoms with Crippen LogP contribution in [0.3, 0.4) is 0 Å². The van der Waals surface area contributed by atoms with Crippen LogP contribution >= 0.6 is 0 Å². The van der Waals surface area contributed by atoms with Crippen molar-refractivity contribution < 1.29 is 28.7 Å². The molecule has 164 valence electrons. The third-order valence-corrected chi connectivity index (χ3v) is 5.34. The maximum Gasteiger partial charge on any atom is 0.262 e. The molecule has 4 rings (SSSR count). The minimum Gasteiger partial charge on any atom is -0.492 e. The number of nitrogens with zero attached hydrogens (tertiary/aromatic N) is 1. The van der Waals surface area contributed by atoms with Crippen molar-refractivity contribution in [3.8, 4) is 5.75 Å². The van der Waals surface area contributed by atoms with Crippen molar-refractivity contribution in [1.29, 1.82) is 0 Å². The van der Waals surface area contributed by atoms with Crippen molar-refractivity contribution in [3.63, 3.8) is 0 Å². The van der Waals surface area contributed by atoms with Gasteiger partial charge in [-0.1, -0.05) is 30.3 Å². The zero-order valence-corrected chi connectivity index (χ0v) is 17.1. The van der Waals surface area contributed by atoms with E-state index in [4.69, 9.17) is 4.74 Å². The molecule has 5 amide bonds. The third-order valence-electron chi connectivity index (χ3n) is 5.34. The molecular weight excluding hydrogens is 414 g/mol. The topological polar surface area (TPSA) is 122 Å². The normalized spacial score (nSPS) is 17.8. The SMILES string of the molecule is O=C(Cc1cccc2c1C(=O)N(C1CCC(=O)NC1=O)C2=O)NCCOc1ccccc1. The highest BCUT2D eigenvalue weighted by Gasteiger charge is 2.45. The summed E-state index contributed by atoms with van der Waals surface area (Å²) in [5.41, 5.74) is 0.674. The van der Waals surface area contributed by atoms with Crippen LogP contribution in [0.5, 0.6) is 5.75 Å². The smallest absolute Gasteiger partial charge is 0.262 e. The Morgan fingerprint density at radius 3 is 2.56 bits per heavy atom. The lowest BCUT2D eigenvalue weighted by Gasteiger charge is -2.27. The van der Waals surface area contributed by atoms with Crippen molar-refractivity contribution in [2.75, 3.05) is 13.2 Å². The van der Waals surface area contributed by atoms with E-state index in [2.05, 4.69) is 10.6 Å². The molecule has 1 saturated heterocycles. The number of nitrogens with one attached hydrogen (secondary N) is 2. The van der Waals surface area contributed by atoms with Gasteiger partial charge in [-0.2, -0.15) is 0 Å². The van der Waals surface area contributed by atoms with Gasteiger partial charge in [-0.05, 0) is 30.2 Å². The molecule has 2 heterocycles. The number of para-hydroxylation sites is 1. The van der Waals surface area contributed by atoms with Crippen molar-refractivity contribution in [2.45, 2.75) is 25.3 Å². The standard InChI is InChI=1S/C23H21N3O6/c27-18-10-9-17(21(29)25-18)26-22(30)16-8-4-5-14(20(16)23(26)31)13-19(28)24-11-12-32-15-6-2-1-3-7-15/h1-8,17H,9-13H2,(H,24,28)(H,25,27,29). The second-order valence-corrected chi connectivity index (χ2v) is 7.48. The summed E-state index contributed by atoms with van der Waals surface area (Å²) < 4.78 is 5.53. The molecule has 0 aromatic heterocycles. The molecule has 9 heteroatoms. The van der Waals surface area contributed by atoms with E-state index >= 15 is 0 Å². The van der Waals surface area contributed by atoms with Gasteiger partial charge in [0.05, 0.1) is 24.1 Å². The molecule has 0 aliphatic carbocycles. The monoisotopic (exact) mass is 435 g/mol. The average Bonchev–Trinajstić information content (AvgIpc) is 3.03. The number of carbonyl (C=O) groups excluding carboxylic acids is 5. The molecule has 2 N–H and O–H groups in total. The predicted octanol–water partition coefficient (Wildman–Crippen LogP) is 0.826. The number of rotatable bonds is 7. The Morgan fingerprint density at radius 1 is 1.03 bits per heavy atom. The van der Waals surface area contributed by atoms with Crippen LogP contribution in [0.25, 0.3) is 0 Å². The summed E-state index contributed by atoms with van der Waals surface area (Å²) in [7, 11) is 0. The van der Waals surface area contributed by atoms with Gasteiger partial charge in [0.15, 0.2) is 0 Å². The van der Waals surface area contributed by atoms with Crippen LogP contribution in [0.15, 0.2) is 48.5 Å². The lowest BCUT2D eigenvalue weighted by molar-refractivity contribution is -0.136. The van der Waals surface area contributed by atoms with Gasteiger partial charge < -0.3 is 10.1 Å². The van der Waals surface area contributed by atoms with E-state index < -0.39 is 29.7 Å². The van der Waals surface area contributed by atoms with E-state index in [1.807, 2.05) is 30.3 Å². The molecule has 1 atom stereocenters. The summed E-state index contributed by atoms with van der Waals surface area (Å²) in [6.45, 7) is 0.557. The summed E-state index contributed by atoms with van der Waals surface area (Å²) in [6.07, 6.45) is 0.0220. The van der Waals surface area contributed by atoms with Crippen LogP contribution in [0.1, 0.15) is 39.1 Å². The number of ether oxygens (including phenoxy) is 1. The average molecular weight is 435 g/mol. The first-order valence-corrected chi connectivity index (χ1v) is 10.2. The second kappa shape index (κ2) is 9.01. The number of amides is 5. The highest BCUT2D eigenvalue weighted by molar-refractivity contribution is 6.24. The van der Waals surface area contributed by atoms with Crippen LogP contribution in [0, 0.1) is 0 Å². The van der Waals surface area contributed by atoms with Crippen molar-refractivity contribution >= 4 is 29.5 Å². The molecule has 0 saturated carbocycles. The summed E-state index contributed by atoms with van der Waals surface area (Å²) in [5, 5.41) is 4.89. The minimum absolute atomic E-state index is 0.0458. The quantitative estimate of drug-likeness (QED) is 0.491. The van der Waals surface area contributed by atoms with Crippen LogP contribution in [0.2, 0.25) is 0 Å². The van der Waals surface area contributed by atoms with Crippen LogP contribution in [-0.4, -0.2) is 53.6 Å². The van der Waals surface area contributed by atoms with E-state index in [1.165, 1.54) is 6.07 Å². The Kier molecular flexibility index (Phi) is 5.98. The van der Waals surface area contributed by atoms with Gasteiger partial charge >= 0.3 is 0 Å². The maximum absolute atomic E-state index is 13.0. The van der Waals surface area contributed by atoms with E-state index in [-0.39, 0.29) is 49.4 Å². The molecule has 9 nitrogen and oxygen atoms in total. The summed E-state index contributed by atoms with van der Waals surface area (Å²) in [5.74, 6) is -1.96. The lowest BCUT2D eigenvalue weighted by atomic mass is 10.00. The Balaban J connectivity index is 1.41. The maximum atomic E-state index is 13.0.